The molecule has 0 radical (unpaired) electrons. The Kier molecular flexibility index (Phi) is 10.2. The fourth-order valence-electron chi connectivity index (χ4n) is 5.04. The van der Waals surface area contributed by atoms with Gasteiger partial charge in [-0.1, -0.05) is 38.1 Å². The number of rotatable bonds is 13. The van der Waals surface area contributed by atoms with Crippen LogP contribution in [-0.4, -0.2) is 77.0 Å². The van der Waals surface area contributed by atoms with Crippen LogP contribution in [0, 0.1) is 11.8 Å². The quantitative estimate of drug-likeness (QED) is 0.360. The van der Waals surface area contributed by atoms with Gasteiger partial charge in [-0.15, -0.1) is 0 Å². The fraction of sp³-hybridized carbons (Fsp3) is 0.517. The number of amides is 1. The molecule has 40 heavy (non-hydrogen) atoms. The molecule has 4 atom stereocenters. The van der Waals surface area contributed by atoms with Crippen molar-refractivity contribution >= 4 is 22.4 Å². The lowest BCUT2D eigenvalue weighted by atomic mass is 10.0. The molecule has 2 aliphatic heterocycles. The van der Waals surface area contributed by atoms with Gasteiger partial charge in [0.15, 0.2) is 6.29 Å². The maximum absolute atomic E-state index is 13.6. The van der Waals surface area contributed by atoms with Gasteiger partial charge in [0.2, 0.25) is 10.0 Å². The number of carbonyl (C=O) groups is 2. The van der Waals surface area contributed by atoms with Gasteiger partial charge in [0.1, 0.15) is 18.1 Å². The predicted molar refractivity (Wildman–Crippen MR) is 148 cm³/mol. The largest absolute Gasteiger partial charge is 0.497 e. The number of carbonyl (C=O) groups excluding carboxylic acids is 2. The minimum absolute atomic E-state index is 0.0104. The molecule has 0 aromatic heterocycles. The number of methoxy groups -OCH3 is 1. The number of ether oxygens (including phenoxy) is 4. The first-order chi connectivity index (χ1) is 19.2. The van der Waals surface area contributed by atoms with Crippen LogP contribution in [0.5, 0.6) is 5.75 Å². The van der Waals surface area contributed by atoms with Gasteiger partial charge in [0.25, 0.3) is 0 Å². The molecule has 0 spiro atoms. The number of nitrogens with zero attached hydrogens (tertiary/aromatic N) is 1. The maximum atomic E-state index is 13.6. The highest BCUT2D eigenvalue weighted by molar-refractivity contribution is 7.89. The van der Waals surface area contributed by atoms with Crippen LogP contribution in [-0.2, 0) is 30.7 Å². The first-order valence-electron chi connectivity index (χ1n) is 13.6. The van der Waals surface area contributed by atoms with Crippen molar-refractivity contribution in [3.05, 3.63) is 59.7 Å². The van der Waals surface area contributed by atoms with E-state index in [9.17, 15) is 18.0 Å². The second kappa shape index (κ2) is 13.6. The van der Waals surface area contributed by atoms with E-state index in [4.69, 9.17) is 18.9 Å². The van der Waals surface area contributed by atoms with Gasteiger partial charge >= 0.3 is 6.09 Å². The fourth-order valence-corrected chi connectivity index (χ4v) is 6.66. The molecule has 2 aromatic carbocycles. The highest BCUT2D eigenvalue weighted by Gasteiger charge is 2.44. The van der Waals surface area contributed by atoms with Crippen molar-refractivity contribution in [2.75, 3.05) is 33.4 Å². The van der Waals surface area contributed by atoms with E-state index in [-0.39, 0.29) is 36.2 Å². The summed E-state index contributed by atoms with van der Waals surface area (Å²) < 4.78 is 50.6. The van der Waals surface area contributed by atoms with Crippen molar-refractivity contribution in [1.29, 1.82) is 0 Å². The van der Waals surface area contributed by atoms with Crippen LogP contribution >= 0.6 is 0 Å². The Bertz CT molecular complexity index is 1230. The third-order valence-corrected chi connectivity index (χ3v) is 9.04. The van der Waals surface area contributed by atoms with E-state index in [1.54, 1.807) is 24.3 Å². The van der Waals surface area contributed by atoms with Crippen LogP contribution in [0.3, 0.4) is 0 Å². The molecule has 1 amide bonds. The molecular formula is C29H38N2O8S. The van der Waals surface area contributed by atoms with Crippen LogP contribution in [0.1, 0.15) is 42.6 Å². The van der Waals surface area contributed by atoms with Crippen molar-refractivity contribution < 1.29 is 37.0 Å². The van der Waals surface area contributed by atoms with Crippen LogP contribution in [0.25, 0.3) is 0 Å². The van der Waals surface area contributed by atoms with E-state index in [1.165, 1.54) is 23.5 Å². The van der Waals surface area contributed by atoms with Crippen LogP contribution in [0.4, 0.5) is 4.79 Å². The molecule has 2 unspecified atom stereocenters. The van der Waals surface area contributed by atoms with E-state index in [0.717, 1.165) is 18.3 Å². The van der Waals surface area contributed by atoms with E-state index < -0.39 is 28.3 Å². The zero-order valence-corrected chi connectivity index (χ0v) is 24.0. The molecule has 10 nitrogen and oxygen atoms in total. The van der Waals surface area contributed by atoms with Gasteiger partial charge in [0, 0.05) is 24.7 Å². The van der Waals surface area contributed by atoms with Gasteiger partial charge in [-0.05, 0) is 55.0 Å². The zero-order valence-electron chi connectivity index (χ0n) is 23.2. The van der Waals surface area contributed by atoms with Crippen molar-refractivity contribution in [1.82, 2.24) is 9.62 Å². The van der Waals surface area contributed by atoms with Gasteiger partial charge in [-0.25, -0.2) is 13.2 Å². The molecule has 2 aromatic rings. The molecule has 2 heterocycles. The molecule has 2 aliphatic rings. The van der Waals surface area contributed by atoms with Gasteiger partial charge in [0.05, 0.1) is 31.1 Å². The summed E-state index contributed by atoms with van der Waals surface area (Å²) in [5.74, 6) is 0.668. The predicted octanol–water partition coefficient (Wildman–Crippen LogP) is 3.64. The standard InChI is InChI=1S/C29H38N2O8S/c1-20(2)17-31(40(34,35)25-10-8-24(36-3)9-11-25)14-12-23(16-21-4-6-22(18-32)7-5-21)30-29(33)39-27-19-38-28-26(27)13-15-37-28/h4-11,18,20,23,26-28H,12-17,19H2,1-3H3,(H,30,33)/t23-,26?,27+,28?/m1/s1. The second-order valence-corrected chi connectivity index (χ2v) is 12.5. The molecule has 0 saturated carbocycles. The van der Waals surface area contributed by atoms with E-state index in [1.807, 2.05) is 26.0 Å². The summed E-state index contributed by atoms with van der Waals surface area (Å²) in [7, 11) is -2.26. The summed E-state index contributed by atoms with van der Waals surface area (Å²) in [6, 6.07) is 13.0. The number of sulfonamides is 1. The summed E-state index contributed by atoms with van der Waals surface area (Å²) in [5, 5.41) is 2.95. The number of benzene rings is 2. The normalized spacial score (nSPS) is 21.3. The Balaban J connectivity index is 1.48. The molecule has 1 N–H and O–H groups in total. The molecule has 0 aliphatic carbocycles. The van der Waals surface area contributed by atoms with Gasteiger partial charge in [-0.3, -0.25) is 4.79 Å². The van der Waals surface area contributed by atoms with Crippen molar-refractivity contribution in [2.45, 2.75) is 56.4 Å². The highest BCUT2D eigenvalue weighted by atomic mass is 32.2. The van der Waals surface area contributed by atoms with E-state index >= 15 is 0 Å². The first kappa shape index (κ1) is 30.0. The Hall–Kier alpha value is -2.99. The van der Waals surface area contributed by atoms with Crippen molar-refractivity contribution in [2.24, 2.45) is 11.8 Å². The molecule has 2 fully saturated rings. The smallest absolute Gasteiger partial charge is 0.407 e. The minimum Gasteiger partial charge on any atom is -0.497 e. The zero-order chi connectivity index (χ0) is 28.7. The van der Waals surface area contributed by atoms with E-state index in [2.05, 4.69) is 5.32 Å². The summed E-state index contributed by atoms with van der Waals surface area (Å²) in [5.41, 5.74) is 1.45. The monoisotopic (exact) mass is 574 g/mol. The summed E-state index contributed by atoms with van der Waals surface area (Å²) in [6.07, 6.45) is 1.01. The summed E-state index contributed by atoms with van der Waals surface area (Å²) >= 11 is 0. The van der Waals surface area contributed by atoms with Crippen LogP contribution < -0.4 is 10.1 Å². The number of nitrogens with one attached hydrogen (secondary N) is 1. The van der Waals surface area contributed by atoms with Crippen molar-refractivity contribution in [3.8, 4) is 5.75 Å². The SMILES string of the molecule is COc1ccc(S(=O)(=O)N(CC[C@H](Cc2ccc(C=O)cc2)NC(=O)O[C@H]2COC3OCCC32)CC(C)C)cc1. The Morgan fingerprint density at radius 2 is 1.85 bits per heavy atom. The second-order valence-electron chi connectivity index (χ2n) is 10.6. The number of hydrogen-bond donors (Lipinski definition) is 1. The van der Waals surface area contributed by atoms with Crippen LogP contribution in [0.15, 0.2) is 53.4 Å². The lowest BCUT2D eigenvalue weighted by Crippen LogP contribution is -2.43. The summed E-state index contributed by atoms with van der Waals surface area (Å²) in [4.78, 5) is 24.2. The molecule has 11 heteroatoms. The van der Waals surface area contributed by atoms with Gasteiger partial charge < -0.3 is 24.3 Å². The number of hydrogen-bond acceptors (Lipinski definition) is 8. The average Bonchev–Trinajstić information content (AvgIpc) is 3.56. The molecule has 4 rings (SSSR count). The summed E-state index contributed by atoms with van der Waals surface area (Å²) in [6.45, 7) is 5.29. The number of aldehydes is 1. The minimum atomic E-state index is -3.79. The third-order valence-electron chi connectivity index (χ3n) is 7.16. The maximum Gasteiger partial charge on any atom is 0.407 e. The first-order valence-corrected chi connectivity index (χ1v) is 15.0. The lowest BCUT2D eigenvalue weighted by Gasteiger charge is -2.27. The van der Waals surface area contributed by atoms with Crippen molar-refractivity contribution in [3.63, 3.8) is 0 Å². The highest BCUT2D eigenvalue weighted by Crippen LogP contribution is 2.33. The third kappa shape index (κ3) is 7.60. The van der Waals surface area contributed by atoms with E-state index in [0.29, 0.717) is 37.3 Å². The van der Waals surface area contributed by atoms with Crippen LogP contribution in [0.2, 0.25) is 0 Å². The molecule has 2 saturated heterocycles. The topological polar surface area (TPSA) is 120 Å². The number of fused-ring (bicyclic) bond motifs is 1. The Morgan fingerprint density at radius 3 is 2.50 bits per heavy atom. The average molecular weight is 575 g/mol. The Morgan fingerprint density at radius 1 is 1.12 bits per heavy atom. The molecule has 218 valence electrons. The Labute approximate surface area is 236 Å². The number of alkyl carbamates (subject to hydrolysis) is 1. The molecular weight excluding hydrogens is 536 g/mol. The molecule has 0 bridgehead atoms. The van der Waals surface area contributed by atoms with Gasteiger partial charge in [-0.2, -0.15) is 4.31 Å². The lowest BCUT2D eigenvalue weighted by molar-refractivity contribution is -0.0907.